The fraction of sp³-hybridized carbons (Fsp3) is 0.471. The van der Waals surface area contributed by atoms with Crippen molar-refractivity contribution in [3.63, 3.8) is 0 Å². The van der Waals surface area contributed by atoms with Gasteiger partial charge in [-0.1, -0.05) is 18.2 Å². The van der Waals surface area contributed by atoms with E-state index in [9.17, 15) is 0 Å². The number of para-hydroxylation sites is 1. The molecule has 132 valence electrons. The van der Waals surface area contributed by atoms with Gasteiger partial charge < -0.3 is 9.64 Å². The van der Waals surface area contributed by atoms with Crippen molar-refractivity contribution in [2.24, 2.45) is 0 Å². The van der Waals surface area contributed by atoms with Crippen LogP contribution < -0.4 is 4.90 Å². The Morgan fingerprint density at radius 2 is 2.04 bits per heavy atom. The van der Waals surface area contributed by atoms with Gasteiger partial charge in [0.15, 0.2) is 0 Å². The number of aromatic nitrogens is 3. The van der Waals surface area contributed by atoms with Gasteiger partial charge >= 0.3 is 0 Å². The van der Waals surface area contributed by atoms with Crippen LogP contribution in [0.3, 0.4) is 0 Å². The van der Waals surface area contributed by atoms with Crippen molar-refractivity contribution in [2.45, 2.75) is 13.6 Å². The topological polar surface area (TPSA) is 62.2 Å². The maximum absolute atomic E-state index is 8.89. The lowest BCUT2D eigenvalue weighted by atomic mass is 10.2. The number of hydrogen-bond donors (Lipinski definition) is 0. The van der Waals surface area contributed by atoms with Crippen LogP contribution in [0.5, 0.6) is 0 Å². The molecule has 8 heteroatoms. The molecule has 0 bridgehead atoms. The molecule has 1 aliphatic heterocycles. The minimum absolute atomic E-state index is 0.325. The molecule has 1 aromatic carbocycles. The zero-order valence-electron chi connectivity index (χ0n) is 14.6. The third-order valence-electron chi connectivity index (χ3n) is 4.19. The predicted molar refractivity (Wildman–Crippen MR) is 98.4 cm³/mol. The highest BCUT2D eigenvalue weighted by Gasteiger charge is 2.21. The SMILES string of the molecule is Cc1ccccc1-n1c(N2CCOCC2)nn(CN(C)CC#N)c1=S. The van der Waals surface area contributed by atoms with Gasteiger partial charge in [-0.3, -0.25) is 9.47 Å². The Morgan fingerprint density at radius 3 is 2.72 bits per heavy atom. The van der Waals surface area contributed by atoms with E-state index in [4.69, 9.17) is 27.3 Å². The molecule has 3 rings (SSSR count). The molecule has 2 aromatic rings. The minimum Gasteiger partial charge on any atom is -0.378 e. The van der Waals surface area contributed by atoms with Crippen molar-refractivity contribution in [3.8, 4) is 11.8 Å². The molecule has 0 unspecified atom stereocenters. The van der Waals surface area contributed by atoms with E-state index >= 15 is 0 Å². The summed E-state index contributed by atoms with van der Waals surface area (Å²) >= 11 is 5.72. The fourth-order valence-electron chi connectivity index (χ4n) is 2.88. The molecule has 0 spiro atoms. The molecular formula is C17H22N6OS. The van der Waals surface area contributed by atoms with Crippen LogP contribution in [0.25, 0.3) is 5.69 Å². The molecule has 1 aliphatic rings. The van der Waals surface area contributed by atoms with Crippen LogP contribution in [0.2, 0.25) is 0 Å². The summed E-state index contributed by atoms with van der Waals surface area (Å²) < 4.78 is 9.90. The highest BCUT2D eigenvalue weighted by atomic mass is 32.1. The van der Waals surface area contributed by atoms with Gasteiger partial charge in [0, 0.05) is 13.1 Å². The van der Waals surface area contributed by atoms with Crippen LogP contribution >= 0.6 is 12.2 Å². The van der Waals surface area contributed by atoms with Crippen molar-refractivity contribution < 1.29 is 4.74 Å². The molecule has 0 atom stereocenters. The number of aryl methyl sites for hydroxylation is 1. The molecule has 0 amide bonds. The highest BCUT2D eigenvalue weighted by Crippen LogP contribution is 2.23. The van der Waals surface area contributed by atoms with E-state index in [1.54, 1.807) is 4.68 Å². The Bertz CT molecular complexity index is 830. The summed E-state index contributed by atoms with van der Waals surface area (Å²) in [4.78, 5) is 4.08. The molecule has 0 radical (unpaired) electrons. The first kappa shape index (κ1) is 17.6. The second kappa shape index (κ2) is 7.78. The van der Waals surface area contributed by atoms with Gasteiger partial charge in [0.2, 0.25) is 10.7 Å². The maximum atomic E-state index is 8.89. The molecule has 0 N–H and O–H groups in total. The van der Waals surface area contributed by atoms with E-state index in [2.05, 4.69) is 30.0 Å². The second-order valence-electron chi connectivity index (χ2n) is 6.12. The third kappa shape index (κ3) is 3.74. The Labute approximate surface area is 152 Å². The standard InChI is InChI=1S/C17H22N6OS/c1-14-5-3-4-6-15(14)23-16(21-9-11-24-12-10-21)19-22(17(23)25)13-20(2)8-7-18/h3-6H,8-13H2,1-2H3. The van der Waals surface area contributed by atoms with E-state index in [1.807, 2.05) is 28.6 Å². The molecule has 1 saturated heterocycles. The van der Waals surface area contributed by atoms with Crippen LogP contribution in [-0.4, -0.2) is 59.1 Å². The molecular weight excluding hydrogens is 336 g/mol. The monoisotopic (exact) mass is 358 g/mol. The first-order valence-corrected chi connectivity index (χ1v) is 8.66. The molecule has 1 fully saturated rings. The summed E-state index contributed by atoms with van der Waals surface area (Å²) in [6.45, 7) is 5.80. The summed E-state index contributed by atoms with van der Waals surface area (Å²) in [5, 5.41) is 13.7. The first-order valence-electron chi connectivity index (χ1n) is 8.26. The van der Waals surface area contributed by atoms with Crippen molar-refractivity contribution in [1.29, 1.82) is 5.26 Å². The Morgan fingerprint density at radius 1 is 1.32 bits per heavy atom. The number of benzene rings is 1. The lowest BCUT2D eigenvalue weighted by molar-refractivity contribution is 0.121. The van der Waals surface area contributed by atoms with Crippen LogP contribution in [0, 0.1) is 23.0 Å². The van der Waals surface area contributed by atoms with Crippen LogP contribution in [0.1, 0.15) is 5.56 Å². The molecule has 2 heterocycles. The number of hydrogen-bond acceptors (Lipinski definition) is 6. The van der Waals surface area contributed by atoms with Gasteiger partial charge in [0.05, 0.1) is 38.2 Å². The van der Waals surface area contributed by atoms with E-state index < -0.39 is 0 Å². The van der Waals surface area contributed by atoms with Crippen molar-refractivity contribution in [1.82, 2.24) is 19.2 Å². The summed E-state index contributed by atoms with van der Waals surface area (Å²) in [6.07, 6.45) is 0. The smallest absolute Gasteiger partial charge is 0.230 e. The lowest BCUT2D eigenvalue weighted by Crippen LogP contribution is -2.38. The third-order valence-corrected chi connectivity index (χ3v) is 4.58. The van der Waals surface area contributed by atoms with Crippen LogP contribution in [0.15, 0.2) is 24.3 Å². The molecule has 7 nitrogen and oxygen atoms in total. The Balaban J connectivity index is 2.07. The van der Waals surface area contributed by atoms with Crippen molar-refractivity contribution in [3.05, 3.63) is 34.6 Å². The number of anilines is 1. The van der Waals surface area contributed by atoms with E-state index in [0.717, 1.165) is 30.3 Å². The number of nitrogens with zero attached hydrogens (tertiary/aromatic N) is 6. The van der Waals surface area contributed by atoms with Crippen molar-refractivity contribution in [2.75, 3.05) is 44.8 Å². The largest absolute Gasteiger partial charge is 0.378 e. The molecule has 0 saturated carbocycles. The van der Waals surface area contributed by atoms with Gasteiger partial charge in [0.1, 0.15) is 0 Å². The average molecular weight is 358 g/mol. The maximum Gasteiger partial charge on any atom is 0.230 e. The summed E-state index contributed by atoms with van der Waals surface area (Å²) in [7, 11) is 1.88. The Hall–Kier alpha value is -2.21. The summed E-state index contributed by atoms with van der Waals surface area (Å²) in [5.41, 5.74) is 2.17. The number of morpholine rings is 1. The van der Waals surface area contributed by atoms with Gasteiger partial charge in [-0.25, -0.2) is 4.68 Å². The van der Waals surface area contributed by atoms with Gasteiger partial charge in [0.25, 0.3) is 0 Å². The number of rotatable bonds is 5. The molecule has 0 aliphatic carbocycles. The molecule has 25 heavy (non-hydrogen) atoms. The zero-order chi connectivity index (χ0) is 17.8. The fourth-order valence-corrected chi connectivity index (χ4v) is 3.16. The molecule has 1 aromatic heterocycles. The van der Waals surface area contributed by atoms with E-state index in [0.29, 0.717) is 31.2 Å². The summed E-state index contributed by atoms with van der Waals surface area (Å²) in [5.74, 6) is 0.827. The predicted octanol–water partition coefficient (Wildman–Crippen LogP) is 1.96. The quantitative estimate of drug-likeness (QED) is 0.601. The van der Waals surface area contributed by atoms with Crippen LogP contribution in [0.4, 0.5) is 5.95 Å². The summed E-state index contributed by atoms with van der Waals surface area (Å²) in [6, 6.07) is 10.3. The van der Waals surface area contributed by atoms with Crippen molar-refractivity contribution >= 4 is 18.2 Å². The zero-order valence-corrected chi connectivity index (χ0v) is 15.4. The number of nitriles is 1. The van der Waals surface area contributed by atoms with Gasteiger partial charge in [-0.05, 0) is 37.8 Å². The Kier molecular flexibility index (Phi) is 5.48. The normalized spacial score (nSPS) is 14.7. The van der Waals surface area contributed by atoms with Gasteiger partial charge in [-0.15, -0.1) is 5.10 Å². The van der Waals surface area contributed by atoms with Gasteiger partial charge in [-0.2, -0.15) is 5.26 Å². The second-order valence-corrected chi connectivity index (χ2v) is 6.48. The average Bonchev–Trinajstić information content (AvgIpc) is 2.93. The number of ether oxygens (including phenoxy) is 1. The highest BCUT2D eigenvalue weighted by molar-refractivity contribution is 7.71. The van der Waals surface area contributed by atoms with Crippen LogP contribution in [-0.2, 0) is 11.4 Å². The lowest BCUT2D eigenvalue weighted by Gasteiger charge is -2.27. The minimum atomic E-state index is 0.325. The first-order chi connectivity index (χ1) is 12.1. The van der Waals surface area contributed by atoms with E-state index in [1.165, 1.54) is 0 Å². The van der Waals surface area contributed by atoms with E-state index in [-0.39, 0.29) is 0 Å².